The van der Waals surface area contributed by atoms with Crippen LogP contribution in [0.3, 0.4) is 0 Å². The minimum absolute atomic E-state index is 0.0298. The first-order valence-electron chi connectivity index (χ1n) is 14.1. The highest BCUT2D eigenvalue weighted by atomic mass is 35.5. The fraction of sp³-hybridized carbons (Fsp3) is 0.375. The van der Waals surface area contributed by atoms with Gasteiger partial charge >= 0.3 is 0 Å². The molecular formula is C32H40ClN3O5S. The molecule has 226 valence electrons. The van der Waals surface area contributed by atoms with Crippen molar-refractivity contribution in [2.75, 3.05) is 24.0 Å². The Morgan fingerprint density at radius 1 is 0.952 bits per heavy atom. The molecule has 0 spiro atoms. The summed E-state index contributed by atoms with van der Waals surface area (Å²) in [6, 6.07) is 19.3. The molecule has 0 unspecified atom stereocenters. The quantitative estimate of drug-likeness (QED) is 0.247. The van der Waals surface area contributed by atoms with E-state index in [1.807, 2.05) is 52.0 Å². The van der Waals surface area contributed by atoms with Gasteiger partial charge in [-0.05, 0) is 68.1 Å². The molecule has 0 fully saturated rings. The van der Waals surface area contributed by atoms with Crippen LogP contribution in [0.2, 0.25) is 5.02 Å². The monoisotopic (exact) mass is 613 g/mol. The zero-order chi connectivity index (χ0) is 30.9. The molecule has 0 heterocycles. The molecule has 8 nitrogen and oxygen atoms in total. The van der Waals surface area contributed by atoms with E-state index < -0.39 is 28.5 Å². The molecule has 3 aromatic rings. The van der Waals surface area contributed by atoms with Gasteiger partial charge in [-0.2, -0.15) is 0 Å². The lowest BCUT2D eigenvalue weighted by atomic mass is 10.1. The average Bonchev–Trinajstić information content (AvgIpc) is 2.96. The fourth-order valence-corrected chi connectivity index (χ4v) is 5.97. The summed E-state index contributed by atoms with van der Waals surface area (Å²) in [5.74, 6) is -0.264. The summed E-state index contributed by atoms with van der Waals surface area (Å²) >= 11 is 6.04. The third-order valence-corrected chi connectivity index (χ3v) is 8.68. The molecule has 0 saturated carbocycles. The Kier molecular flexibility index (Phi) is 11.8. The van der Waals surface area contributed by atoms with Crippen LogP contribution in [0.5, 0.6) is 5.75 Å². The molecule has 0 radical (unpaired) electrons. The molecule has 10 heteroatoms. The van der Waals surface area contributed by atoms with Gasteiger partial charge in [0.1, 0.15) is 18.3 Å². The lowest BCUT2D eigenvalue weighted by molar-refractivity contribution is -0.140. The van der Waals surface area contributed by atoms with Crippen LogP contribution >= 0.6 is 11.6 Å². The first-order valence-corrected chi connectivity index (χ1v) is 15.9. The first kappa shape index (κ1) is 32.9. The molecule has 2 amide bonds. The standard InChI is InChI=1S/C32H40ClN3O5S/c1-6-28(32(38)34-20-23(3)4)35(21-25-14-12-24(5)13-15-25)31(37)22-36(29-10-8-9-11-30(29)41-7-2)42(39,40)27-18-16-26(33)17-19-27/h8-19,23,28H,6-7,20-22H2,1-5H3,(H,34,38)/t28-/m0/s1. The Labute approximate surface area is 254 Å². The molecule has 3 aromatic carbocycles. The number of hydrogen-bond donors (Lipinski definition) is 1. The van der Waals surface area contributed by atoms with E-state index in [1.54, 1.807) is 31.2 Å². The number of aryl methyl sites for hydroxylation is 1. The largest absolute Gasteiger partial charge is 0.492 e. The van der Waals surface area contributed by atoms with E-state index in [2.05, 4.69) is 5.32 Å². The number of benzene rings is 3. The molecule has 3 rings (SSSR count). The summed E-state index contributed by atoms with van der Waals surface area (Å²) in [7, 11) is -4.25. The Morgan fingerprint density at radius 3 is 2.19 bits per heavy atom. The number of nitrogens with zero attached hydrogens (tertiary/aromatic N) is 2. The normalized spacial score (nSPS) is 12.1. The van der Waals surface area contributed by atoms with Gasteiger partial charge in [0, 0.05) is 18.1 Å². The topological polar surface area (TPSA) is 96.0 Å². The number of carbonyl (C=O) groups excluding carboxylic acids is 2. The highest BCUT2D eigenvalue weighted by Crippen LogP contribution is 2.33. The second kappa shape index (κ2) is 15.1. The third-order valence-electron chi connectivity index (χ3n) is 6.66. The van der Waals surface area contributed by atoms with E-state index in [0.717, 1.165) is 15.4 Å². The molecular weight excluding hydrogens is 574 g/mol. The Balaban J connectivity index is 2.09. The molecule has 0 saturated heterocycles. The van der Waals surface area contributed by atoms with Gasteiger partial charge in [0.15, 0.2) is 0 Å². The average molecular weight is 614 g/mol. The SMILES string of the molecule is CCOc1ccccc1N(CC(=O)N(Cc1ccc(C)cc1)[C@@H](CC)C(=O)NCC(C)C)S(=O)(=O)c1ccc(Cl)cc1. The molecule has 0 aromatic heterocycles. The number of sulfonamides is 1. The van der Waals surface area contributed by atoms with Gasteiger partial charge in [0.25, 0.3) is 10.0 Å². The van der Waals surface area contributed by atoms with Crippen LogP contribution in [0.1, 0.15) is 45.2 Å². The summed E-state index contributed by atoms with van der Waals surface area (Å²) in [6.45, 7) is 9.93. The van der Waals surface area contributed by atoms with Crippen LogP contribution in [0.25, 0.3) is 0 Å². The molecule has 1 N–H and O–H groups in total. The summed E-state index contributed by atoms with van der Waals surface area (Å²) in [4.78, 5) is 29.0. The maximum atomic E-state index is 14.2. The van der Waals surface area contributed by atoms with Crippen LogP contribution in [-0.2, 0) is 26.2 Å². The van der Waals surface area contributed by atoms with Crippen molar-refractivity contribution >= 4 is 39.1 Å². The van der Waals surface area contributed by atoms with E-state index in [1.165, 1.54) is 29.2 Å². The van der Waals surface area contributed by atoms with Crippen molar-refractivity contribution in [3.63, 3.8) is 0 Å². The fourth-order valence-electron chi connectivity index (χ4n) is 4.42. The number of halogens is 1. The van der Waals surface area contributed by atoms with Gasteiger partial charge in [-0.25, -0.2) is 8.42 Å². The number of para-hydroxylation sites is 2. The Morgan fingerprint density at radius 2 is 1.60 bits per heavy atom. The number of ether oxygens (including phenoxy) is 1. The van der Waals surface area contributed by atoms with E-state index >= 15 is 0 Å². The minimum Gasteiger partial charge on any atom is -0.492 e. The summed E-state index contributed by atoms with van der Waals surface area (Å²) in [5.41, 5.74) is 2.10. The van der Waals surface area contributed by atoms with Gasteiger partial charge in [0.2, 0.25) is 11.8 Å². The van der Waals surface area contributed by atoms with Crippen LogP contribution in [-0.4, -0.2) is 50.9 Å². The van der Waals surface area contributed by atoms with E-state index in [4.69, 9.17) is 16.3 Å². The number of nitrogens with one attached hydrogen (secondary N) is 1. The van der Waals surface area contributed by atoms with Gasteiger partial charge in [-0.3, -0.25) is 13.9 Å². The highest BCUT2D eigenvalue weighted by molar-refractivity contribution is 7.92. The first-order chi connectivity index (χ1) is 20.0. The van der Waals surface area contributed by atoms with Gasteiger partial charge in [-0.1, -0.05) is 74.3 Å². The van der Waals surface area contributed by atoms with E-state index in [-0.39, 0.29) is 29.0 Å². The number of rotatable bonds is 14. The second-order valence-electron chi connectivity index (χ2n) is 10.4. The van der Waals surface area contributed by atoms with Crippen molar-refractivity contribution in [1.82, 2.24) is 10.2 Å². The van der Waals surface area contributed by atoms with Gasteiger partial charge in [-0.15, -0.1) is 0 Å². The van der Waals surface area contributed by atoms with Gasteiger partial charge < -0.3 is 15.0 Å². The lowest BCUT2D eigenvalue weighted by Crippen LogP contribution is -2.52. The smallest absolute Gasteiger partial charge is 0.264 e. The maximum Gasteiger partial charge on any atom is 0.264 e. The maximum absolute atomic E-state index is 14.2. The summed E-state index contributed by atoms with van der Waals surface area (Å²) in [6.07, 6.45) is 0.348. The predicted molar refractivity (Wildman–Crippen MR) is 167 cm³/mol. The zero-order valence-corrected chi connectivity index (χ0v) is 26.4. The molecule has 0 bridgehead atoms. The highest BCUT2D eigenvalue weighted by Gasteiger charge is 2.34. The van der Waals surface area contributed by atoms with Crippen molar-refractivity contribution in [2.45, 2.75) is 58.5 Å². The summed E-state index contributed by atoms with van der Waals surface area (Å²) in [5, 5.41) is 3.32. The second-order valence-corrected chi connectivity index (χ2v) is 12.7. The predicted octanol–water partition coefficient (Wildman–Crippen LogP) is 5.82. The van der Waals surface area contributed by atoms with E-state index in [0.29, 0.717) is 30.3 Å². The van der Waals surface area contributed by atoms with Gasteiger partial charge in [0.05, 0.1) is 17.2 Å². The number of hydrogen-bond acceptors (Lipinski definition) is 5. The minimum atomic E-state index is -4.25. The molecule has 0 aliphatic carbocycles. The van der Waals surface area contributed by atoms with Crippen LogP contribution in [0.15, 0.2) is 77.7 Å². The molecule has 1 atom stereocenters. The van der Waals surface area contributed by atoms with Crippen molar-refractivity contribution < 1.29 is 22.7 Å². The van der Waals surface area contributed by atoms with Crippen LogP contribution in [0.4, 0.5) is 5.69 Å². The lowest BCUT2D eigenvalue weighted by Gasteiger charge is -2.33. The number of carbonyl (C=O) groups is 2. The Hall–Kier alpha value is -3.56. The summed E-state index contributed by atoms with van der Waals surface area (Å²) < 4.78 is 35.0. The molecule has 0 aliphatic rings. The molecule has 42 heavy (non-hydrogen) atoms. The van der Waals surface area contributed by atoms with Crippen molar-refractivity contribution in [2.24, 2.45) is 5.92 Å². The van der Waals surface area contributed by atoms with Crippen molar-refractivity contribution in [3.8, 4) is 5.75 Å². The molecule has 0 aliphatic heterocycles. The van der Waals surface area contributed by atoms with Crippen molar-refractivity contribution in [1.29, 1.82) is 0 Å². The number of amides is 2. The zero-order valence-electron chi connectivity index (χ0n) is 24.8. The third kappa shape index (κ3) is 8.49. The van der Waals surface area contributed by atoms with Crippen molar-refractivity contribution in [3.05, 3.63) is 88.9 Å². The Bertz CT molecular complexity index is 1440. The van der Waals surface area contributed by atoms with Crippen LogP contribution < -0.4 is 14.4 Å². The van der Waals surface area contributed by atoms with E-state index in [9.17, 15) is 18.0 Å². The van der Waals surface area contributed by atoms with Crippen LogP contribution in [0, 0.1) is 12.8 Å². The number of anilines is 1.